The first kappa shape index (κ1) is 23.6. The molecule has 0 aliphatic heterocycles. The minimum absolute atomic E-state index is 0.594. The first-order valence-electron chi connectivity index (χ1n) is 13.8. The zero-order valence-corrected chi connectivity index (χ0v) is 21.8. The number of hydrogen-bond acceptors (Lipinski definition) is 1. The molecule has 4 saturated carbocycles. The number of rotatable bonds is 5. The zero-order valence-electron chi connectivity index (χ0n) is 21.8. The number of aliphatic imine (C=N–C) groups is 1. The summed E-state index contributed by atoms with van der Waals surface area (Å²) in [5, 5.41) is 0. The Kier molecular flexibility index (Phi) is 6.83. The highest BCUT2D eigenvalue weighted by Gasteiger charge is 2.57. The Balaban J connectivity index is 1.43. The van der Waals surface area contributed by atoms with Crippen molar-refractivity contribution in [2.24, 2.45) is 57.2 Å². The molecule has 0 aromatic rings. The molecule has 4 fully saturated rings. The van der Waals surface area contributed by atoms with Gasteiger partial charge in [-0.15, -0.1) is 0 Å². The van der Waals surface area contributed by atoms with E-state index in [1.165, 1.54) is 69.1 Å². The summed E-state index contributed by atoms with van der Waals surface area (Å²) in [6.45, 7) is 17.0. The Hall–Kier alpha value is -0.590. The second kappa shape index (κ2) is 8.98. The van der Waals surface area contributed by atoms with Crippen molar-refractivity contribution in [3.05, 3.63) is 11.8 Å². The average Bonchev–Trinajstić information content (AvgIpc) is 3.08. The van der Waals surface area contributed by atoms with Crippen molar-refractivity contribution in [2.45, 2.75) is 119 Å². The third kappa shape index (κ3) is 4.59. The van der Waals surface area contributed by atoms with Gasteiger partial charge in [0.05, 0.1) is 0 Å². The van der Waals surface area contributed by atoms with Crippen LogP contribution in [0.5, 0.6) is 0 Å². The highest BCUT2D eigenvalue weighted by atomic mass is 14.7. The van der Waals surface area contributed by atoms with E-state index in [2.05, 4.69) is 54.7 Å². The maximum Gasteiger partial charge on any atom is 0.0256 e. The predicted octanol–water partition coefficient (Wildman–Crippen LogP) is 9.08. The van der Waals surface area contributed by atoms with Gasteiger partial charge in [0.2, 0.25) is 0 Å². The lowest BCUT2D eigenvalue weighted by Gasteiger charge is -2.57. The van der Waals surface area contributed by atoms with Gasteiger partial charge in [-0.1, -0.05) is 40.2 Å². The molecule has 4 rings (SSSR count). The average molecular weight is 426 g/mol. The molecule has 0 amide bonds. The molecule has 8 atom stereocenters. The molecule has 4 aliphatic rings. The molecular formula is C30H51N. The number of fused-ring (bicyclic) bond motifs is 5. The molecule has 31 heavy (non-hydrogen) atoms. The lowest BCUT2D eigenvalue weighted by atomic mass is 9.48. The van der Waals surface area contributed by atoms with E-state index in [0.717, 1.165) is 47.8 Å². The van der Waals surface area contributed by atoms with Gasteiger partial charge in [0.15, 0.2) is 0 Å². The van der Waals surface area contributed by atoms with E-state index in [9.17, 15) is 0 Å². The molecule has 0 heterocycles. The van der Waals surface area contributed by atoms with Crippen molar-refractivity contribution in [3.8, 4) is 0 Å². The zero-order chi connectivity index (χ0) is 22.4. The molecule has 0 aromatic carbocycles. The molecule has 0 aromatic heterocycles. The maximum atomic E-state index is 4.81. The summed E-state index contributed by atoms with van der Waals surface area (Å²) in [5.41, 5.74) is 3.93. The summed E-state index contributed by atoms with van der Waals surface area (Å²) < 4.78 is 0. The lowest BCUT2D eigenvalue weighted by Crippen LogP contribution is -2.49. The fourth-order valence-electron chi connectivity index (χ4n) is 9.25. The molecule has 176 valence electrons. The van der Waals surface area contributed by atoms with Crippen molar-refractivity contribution >= 4 is 5.71 Å². The third-order valence-electron chi connectivity index (χ3n) is 10.9. The van der Waals surface area contributed by atoms with Gasteiger partial charge in [-0.05, 0) is 137 Å². The molecule has 1 heteroatoms. The molecule has 7 unspecified atom stereocenters. The van der Waals surface area contributed by atoms with Crippen LogP contribution in [-0.4, -0.2) is 5.71 Å². The Morgan fingerprint density at radius 1 is 0.935 bits per heavy atom. The largest absolute Gasteiger partial charge is 0.266 e. The van der Waals surface area contributed by atoms with E-state index >= 15 is 0 Å². The van der Waals surface area contributed by atoms with Crippen molar-refractivity contribution in [1.29, 1.82) is 0 Å². The third-order valence-corrected chi connectivity index (χ3v) is 10.9. The van der Waals surface area contributed by atoms with E-state index in [4.69, 9.17) is 4.99 Å². The molecule has 0 N–H and O–H groups in total. The van der Waals surface area contributed by atoms with Gasteiger partial charge in [0, 0.05) is 11.9 Å². The van der Waals surface area contributed by atoms with Crippen LogP contribution in [0.4, 0.5) is 0 Å². The van der Waals surface area contributed by atoms with Gasteiger partial charge in [0.1, 0.15) is 0 Å². The molecule has 0 saturated heterocycles. The highest BCUT2D eigenvalue weighted by molar-refractivity contribution is 5.82. The SMILES string of the molecule is CC/C(C)=C\N=C(C)C[C@@H](C)C1CCC2C3CCC4CC(C)(C)CCC4C3CCC21C. The molecule has 0 spiro atoms. The summed E-state index contributed by atoms with van der Waals surface area (Å²) >= 11 is 0. The smallest absolute Gasteiger partial charge is 0.0256 e. The fourth-order valence-corrected chi connectivity index (χ4v) is 9.25. The van der Waals surface area contributed by atoms with Crippen LogP contribution in [0.3, 0.4) is 0 Å². The van der Waals surface area contributed by atoms with Gasteiger partial charge in [-0.3, -0.25) is 4.99 Å². The van der Waals surface area contributed by atoms with E-state index < -0.39 is 0 Å². The van der Waals surface area contributed by atoms with Crippen LogP contribution in [-0.2, 0) is 0 Å². The van der Waals surface area contributed by atoms with Crippen molar-refractivity contribution in [1.82, 2.24) is 0 Å². The van der Waals surface area contributed by atoms with Crippen LogP contribution < -0.4 is 0 Å². The molecule has 4 aliphatic carbocycles. The molecule has 1 nitrogen and oxygen atoms in total. The number of hydrogen-bond donors (Lipinski definition) is 0. The van der Waals surface area contributed by atoms with Crippen LogP contribution in [0.15, 0.2) is 16.8 Å². The molecule has 0 bridgehead atoms. The van der Waals surface area contributed by atoms with Gasteiger partial charge in [0.25, 0.3) is 0 Å². The highest BCUT2D eigenvalue weighted by Crippen LogP contribution is 2.66. The molecule has 0 radical (unpaired) electrons. The van der Waals surface area contributed by atoms with E-state index in [1.807, 2.05) is 0 Å². The Morgan fingerprint density at radius 3 is 2.42 bits per heavy atom. The van der Waals surface area contributed by atoms with Crippen molar-refractivity contribution in [2.75, 3.05) is 0 Å². The van der Waals surface area contributed by atoms with Gasteiger partial charge in [-0.25, -0.2) is 0 Å². The fraction of sp³-hybridized carbons (Fsp3) is 0.900. The Labute approximate surface area is 194 Å². The number of allylic oxidation sites excluding steroid dienone is 1. The number of nitrogens with zero attached hydrogens (tertiary/aromatic N) is 1. The first-order chi connectivity index (χ1) is 14.6. The van der Waals surface area contributed by atoms with Crippen molar-refractivity contribution < 1.29 is 0 Å². The Bertz CT molecular complexity index is 699. The van der Waals surface area contributed by atoms with Gasteiger partial charge in [-0.2, -0.15) is 0 Å². The van der Waals surface area contributed by atoms with Gasteiger partial charge < -0.3 is 0 Å². The normalized spacial score (nSPS) is 43.7. The summed E-state index contributed by atoms with van der Waals surface area (Å²) in [6, 6.07) is 0. The van der Waals surface area contributed by atoms with Crippen LogP contribution in [0, 0.1) is 52.3 Å². The van der Waals surface area contributed by atoms with E-state index in [-0.39, 0.29) is 0 Å². The van der Waals surface area contributed by atoms with Gasteiger partial charge >= 0.3 is 0 Å². The molecular weight excluding hydrogens is 374 g/mol. The monoisotopic (exact) mass is 425 g/mol. The van der Waals surface area contributed by atoms with E-state index in [1.54, 1.807) is 6.42 Å². The van der Waals surface area contributed by atoms with Crippen LogP contribution >= 0.6 is 0 Å². The van der Waals surface area contributed by atoms with Crippen molar-refractivity contribution in [3.63, 3.8) is 0 Å². The predicted molar refractivity (Wildman–Crippen MR) is 135 cm³/mol. The maximum absolute atomic E-state index is 4.81. The summed E-state index contributed by atoms with van der Waals surface area (Å²) in [7, 11) is 0. The summed E-state index contributed by atoms with van der Waals surface area (Å²) in [6.07, 6.45) is 18.0. The first-order valence-corrected chi connectivity index (χ1v) is 13.8. The summed E-state index contributed by atoms with van der Waals surface area (Å²) in [5.74, 6) is 6.91. The minimum Gasteiger partial charge on any atom is -0.266 e. The lowest BCUT2D eigenvalue weighted by molar-refractivity contribution is -0.0804. The Morgan fingerprint density at radius 2 is 1.68 bits per heavy atom. The standard InChI is InChI=1S/C30H51N/c1-8-20(2)19-31-22(4)17-21(3)27-11-12-28-26-10-9-23-18-29(5,6)15-13-24(23)25(26)14-16-30(27,28)7/h19,21,23-28H,8-18H2,1-7H3/b20-19-,31-22?/t21-,23?,24?,25?,26?,27?,28?,30?/m1/s1. The van der Waals surface area contributed by atoms with E-state index in [0.29, 0.717) is 10.8 Å². The van der Waals surface area contributed by atoms with Crippen LogP contribution in [0.2, 0.25) is 0 Å². The second-order valence-electron chi connectivity index (χ2n) is 13.4. The second-order valence-corrected chi connectivity index (χ2v) is 13.4. The van der Waals surface area contributed by atoms with Crippen LogP contribution in [0.25, 0.3) is 0 Å². The topological polar surface area (TPSA) is 12.4 Å². The quantitative estimate of drug-likeness (QED) is 0.389. The summed E-state index contributed by atoms with van der Waals surface area (Å²) in [4.78, 5) is 4.81. The van der Waals surface area contributed by atoms with Crippen LogP contribution in [0.1, 0.15) is 119 Å². The minimum atomic E-state index is 0.594.